The molecule has 1 aliphatic carbocycles. The summed E-state index contributed by atoms with van der Waals surface area (Å²) in [7, 11) is 0. The van der Waals surface area contributed by atoms with Crippen LogP contribution in [0.25, 0.3) is 0 Å². The van der Waals surface area contributed by atoms with Gasteiger partial charge in [0.25, 0.3) is 0 Å². The number of nitrogens with zero attached hydrogens (tertiary/aromatic N) is 1. The van der Waals surface area contributed by atoms with Crippen LogP contribution >= 0.6 is 0 Å². The standard InChI is InChI=1S/C21H30F3NO4/c1-4-29-18(27)14(2)9-10-16-7-5-11-20(25(16)19(28)21(22,23)24)12-6-8-17(20)15(3)13-26/h9,13,15-17H,4-8,10-12H2,1-3H3/b14-9+/t15-,16-,17-,20-/m1/s1. The number of halogens is 3. The Kier molecular flexibility index (Phi) is 7.51. The van der Waals surface area contributed by atoms with Gasteiger partial charge in [0.1, 0.15) is 6.29 Å². The molecule has 0 unspecified atom stereocenters. The Bertz CT molecular complexity index is 661. The molecule has 0 aromatic carbocycles. The van der Waals surface area contributed by atoms with E-state index < -0.39 is 35.6 Å². The number of ether oxygens (including phenoxy) is 1. The summed E-state index contributed by atoms with van der Waals surface area (Å²) in [5.41, 5.74) is -0.642. The molecule has 0 radical (unpaired) electrons. The maximum Gasteiger partial charge on any atom is 0.471 e. The monoisotopic (exact) mass is 417 g/mol. The van der Waals surface area contributed by atoms with Crippen molar-refractivity contribution in [3.8, 4) is 0 Å². The fraction of sp³-hybridized carbons (Fsp3) is 0.762. The van der Waals surface area contributed by atoms with Crippen LogP contribution in [0.2, 0.25) is 0 Å². The zero-order valence-electron chi connectivity index (χ0n) is 17.3. The summed E-state index contributed by atoms with van der Waals surface area (Å²) in [6.07, 6.45) is 0.869. The molecule has 8 heteroatoms. The normalized spacial score (nSPS) is 29.0. The smallest absolute Gasteiger partial charge is 0.463 e. The van der Waals surface area contributed by atoms with E-state index in [9.17, 15) is 27.6 Å². The minimum absolute atomic E-state index is 0.149. The summed E-state index contributed by atoms with van der Waals surface area (Å²) in [5, 5.41) is 0. The van der Waals surface area contributed by atoms with Gasteiger partial charge in [-0.2, -0.15) is 13.2 Å². The van der Waals surface area contributed by atoms with E-state index in [-0.39, 0.29) is 18.9 Å². The quantitative estimate of drug-likeness (QED) is 0.369. The second-order valence-corrected chi connectivity index (χ2v) is 8.16. The minimum Gasteiger partial charge on any atom is -0.463 e. The van der Waals surface area contributed by atoms with E-state index in [0.717, 1.165) is 11.2 Å². The summed E-state index contributed by atoms with van der Waals surface area (Å²) in [4.78, 5) is 36.8. The lowest BCUT2D eigenvalue weighted by Crippen LogP contribution is -2.64. The highest BCUT2D eigenvalue weighted by Crippen LogP contribution is 2.52. The predicted octanol–water partition coefficient (Wildman–Crippen LogP) is 4.20. The van der Waals surface area contributed by atoms with Crippen molar-refractivity contribution in [2.45, 2.75) is 83.5 Å². The Morgan fingerprint density at radius 1 is 1.24 bits per heavy atom. The number of likely N-dealkylation sites (tertiary alicyclic amines) is 1. The van der Waals surface area contributed by atoms with E-state index in [1.807, 2.05) is 0 Å². The molecule has 0 N–H and O–H groups in total. The van der Waals surface area contributed by atoms with Gasteiger partial charge in [-0.15, -0.1) is 0 Å². The molecule has 2 aliphatic rings. The van der Waals surface area contributed by atoms with E-state index >= 15 is 0 Å². The van der Waals surface area contributed by atoms with Crippen molar-refractivity contribution in [3.63, 3.8) is 0 Å². The van der Waals surface area contributed by atoms with Gasteiger partial charge in [0.05, 0.1) is 6.61 Å². The van der Waals surface area contributed by atoms with Crippen LogP contribution in [-0.4, -0.2) is 47.4 Å². The first-order chi connectivity index (χ1) is 13.6. The minimum atomic E-state index is -4.99. The Morgan fingerprint density at radius 3 is 2.41 bits per heavy atom. The average molecular weight is 417 g/mol. The van der Waals surface area contributed by atoms with Gasteiger partial charge in [0, 0.05) is 23.1 Å². The molecule has 29 heavy (non-hydrogen) atoms. The summed E-state index contributed by atoms with van der Waals surface area (Å²) in [5.74, 6) is -3.06. The molecule has 4 atom stereocenters. The molecule has 1 saturated heterocycles. The van der Waals surface area contributed by atoms with Gasteiger partial charge in [0.15, 0.2) is 0 Å². The molecule has 0 aromatic heterocycles. The molecule has 1 saturated carbocycles. The zero-order valence-corrected chi connectivity index (χ0v) is 17.3. The number of carbonyl (C=O) groups is 3. The summed E-state index contributed by atoms with van der Waals surface area (Å²) in [6, 6.07) is -0.665. The summed E-state index contributed by atoms with van der Waals surface area (Å²) >= 11 is 0. The number of carbonyl (C=O) groups excluding carboxylic acids is 3. The molecule has 2 fully saturated rings. The third-order valence-electron chi connectivity index (χ3n) is 6.41. The molecule has 164 valence electrons. The van der Waals surface area contributed by atoms with Crippen molar-refractivity contribution in [1.82, 2.24) is 4.90 Å². The zero-order chi connectivity index (χ0) is 21.8. The number of hydrogen-bond donors (Lipinski definition) is 0. The molecule has 5 nitrogen and oxygen atoms in total. The lowest BCUT2D eigenvalue weighted by molar-refractivity contribution is -0.201. The highest BCUT2D eigenvalue weighted by molar-refractivity contribution is 5.87. The second kappa shape index (κ2) is 9.30. The fourth-order valence-corrected chi connectivity index (χ4v) is 5.16. The van der Waals surface area contributed by atoms with Gasteiger partial charge in [-0.1, -0.05) is 19.4 Å². The third kappa shape index (κ3) is 4.83. The lowest BCUT2D eigenvalue weighted by Gasteiger charge is -2.53. The molecule has 1 amide bonds. The number of amides is 1. The van der Waals surface area contributed by atoms with Crippen LogP contribution in [0.4, 0.5) is 13.2 Å². The predicted molar refractivity (Wildman–Crippen MR) is 101 cm³/mol. The van der Waals surface area contributed by atoms with Crippen molar-refractivity contribution >= 4 is 18.2 Å². The fourth-order valence-electron chi connectivity index (χ4n) is 5.16. The van der Waals surface area contributed by atoms with Crippen molar-refractivity contribution < 1.29 is 32.3 Å². The van der Waals surface area contributed by atoms with E-state index in [1.165, 1.54) is 0 Å². The van der Waals surface area contributed by atoms with Crippen molar-refractivity contribution in [2.24, 2.45) is 11.8 Å². The largest absolute Gasteiger partial charge is 0.471 e. The number of aldehydes is 1. The number of rotatable bonds is 6. The topological polar surface area (TPSA) is 63.7 Å². The first kappa shape index (κ1) is 23.4. The molecule has 1 spiro atoms. The molecule has 1 heterocycles. The van der Waals surface area contributed by atoms with Crippen molar-refractivity contribution in [2.75, 3.05) is 6.61 Å². The SMILES string of the molecule is CCOC(=O)/C(C)=C/C[C@H]1CCC[C@]2(CCC[C@@H]2[C@H](C)C=O)N1C(=O)C(F)(F)F. The highest BCUT2D eigenvalue weighted by atomic mass is 19.4. The van der Waals surface area contributed by atoms with E-state index in [0.29, 0.717) is 44.1 Å². The van der Waals surface area contributed by atoms with Gasteiger partial charge >= 0.3 is 18.1 Å². The van der Waals surface area contributed by atoms with Crippen molar-refractivity contribution in [1.29, 1.82) is 0 Å². The van der Waals surface area contributed by atoms with Crippen LogP contribution in [-0.2, 0) is 19.1 Å². The molecular formula is C21H30F3NO4. The summed E-state index contributed by atoms with van der Waals surface area (Å²) in [6.45, 7) is 5.16. The highest BCUT2D eigenvalue weighted by Gasteiger charge is 2.58. The van der Waals surface area contributed by atoms with E-state index in [1.54, 1.807) is 26.8 Å². The molecule has 2 rings (SSSR count). The van der Waals surface area contributed by atoms with E-state index in [4.69, 9.17) is 4.74 Å². The number of alkyl halides is 3. The average Bonchev–Trinajstić information content (AvgIpc) is 3.08. The number of piperidine rings is 1. The van der Waals surface area contributed by atoms with Crippen molar-refractivity contribution in [3.05, 3.63) is 11.6 Å². The molecule has 0 bridgehead atoms. The third-order valence-corrected chi connectivity index (χ3v) is 6.41. The van der Waals surface area contributed by atoms with E-state index in [2.05, 4.69) is 0 Å². The number of esters is 1. The lowest BCUT2D eigenvalue weighted by atomic mass is 9.71. The Hall–Kier alpha value is -1.86. The van der Waals surface area contributed by atoms with Crippen LogP contribution < -0.4 is 0 Å². The van der Waals surface area contributed by atoms with Gasteiger partial charge in [-0.25, -0.2) is 4.79 Å². The van der Waals surface area contributed by atoms with Crippen LogP contribution in [0.3, 0.4) is 0 Å². The van der Waals surface area contributed by atoms with Crippen LogP contribution in [0.5, 0.6) is 0 Å². The second-order valence-electron chi connectivity index (χ2n) is 8.16. The number of hydrogen-bond acceptors (Lipinski definition) is 4. The van der Waals surface area contributed by atoms with Crippen LogP contribution in [0.1, 0.15) is 65.7 Å². The molecular weight excluding hydrogens is 387 g/mol. The van der Waals surface area contributed by atoms with Gasteiger partial charge < -0.3 is 14.4 Å². The first-order valence-electron chi connectivity index (χ1n) is 10.3. The molecule has 0 aromatic rings. The Balaban J connectivity index is 2.40. The molecule has 1 aliphatic heterocycles. The Morgan fingerprint density at radius 2 is 1.86 bits per heavy atom. The Labute approximate surface area is 169 Å². The van der Waals surface area contributed by atoms with Gasteiger partial charge in [0.2, 0.25) is 0 Å². The van der Waals surface area contributed by atoms with Gasteiger partial charge in [-0.3, -0.25) is 4.79 Å². The maximum absolute atomic E-state index is 13.5. The summed E-state index contributed by atoms with van der Waals surface area (Å²) < 4.78 is 45.5. The van der Waals surface area contributed by atoms with Crippen LogP contribution in [0.15, 0.2) is 11.6 Å². The van der Waals surface area contributed by atoms with Gasteiger partial charge in [-0.05, 0) is 58.3 Å². The van der Waals surface area contributed by atoms with Crippen LogP contribution in [0, 0.1) is 11.8 Å². The first-order valence-corrected chi connectivity index (χ1v) is 10.3. The maximum atomic E-state index is 13.5.